The zero-order chi connectivity index (χ0) is 29.7. The highest BCUT2D eigenvalue weighted by molar-refractivity contribution is 7.00. The van der Waals surface area contributed by atoms with E-state index in [0.29, 0.717) is 0 Å². The number of nitrogens with zero attached hydrogens (tertiary/aromatic N) is 3. The number of para-hydroxylation sites is 5. The van der Waals surface area contributed by atoms with Crippen LogP contribution in [0.15, 0.2) is 146 Å². The van der Waals surface area contributed by atoms with Crippen molar-refractivity contribution in [1.82, 2.24) is 13.7 Å². The Hall–Kier alpha value is -6.00. The Morgan fingerprint density at radius 2 is 0.848 bits per heavy atom. The van der Waals surface area contributed by atoms with Crippen molar-refractivity contribution in [3.05, 3.63) is 146 Å². The molecule has 0 saturated carbocycles. The number of benzene rings is 7. The molecule has 0 radical (unpaired) electrons. The van der Waals surface area contributed by atoms with E-state index in [0.717, 1.165) is 0 Å². The minimum absolute atomic E-state index is 0.110. The standard InChI is InChI=1S/C42H24BN3/c1-5-16-34-26(10-1)27-11-2-6-17-35(27)44(34)25-20-22-38-33(24-25)43-32-15-9-14-30-28-12-3-8-19-37(28)46(41(30)32)39-23-21-31-29-13-4-7-18-36(29)45(38)42(31)40(39)43/h1-24H. The van der Waals surface area contributed by atoms with Crippen LogP contribution >= 0.6 is 0 Å². The lowest BCUT2D eigenvalue weighted by Gasteiger charge is -2.33. The van der Waals surface area contributed by atoms with Gasteiger partial charge in [0.25, 0.3) is 6.71 Å². The van der Waals surface area contributed by atoms with Crippen molar-refractivity contribution >= 4 is 88.5 Å². The summed E-state index contributed by atoms with van der Waals surface area (Å²) in [5.74, 6) is 0. The van der Waals surface area contributed by atoms with Crippen LogP contribution in [0.2, 0.25) is 0 Å². The second kappa shape index (κ2) is 7.98. The number of hydrogen-bond acceptors (Lipinski definition) is 0. The Bertz CT molecular complexity index is 2940. The van der Waals surface area contributed by atoms with Crippen LogP contribution in [0.4, 0.5) is 0 Å². The maximum absolute atomic E-state index is 2.54. The predicted molar refractivity (Wildman–Crippen MR) is 194 cm³/mol. The van der Waals surface area contributed by atoms with Crippen LogP contribution in [0.5, 0.6) is 0 Å². The summed E-state index contributed by atoms with van der Waals surface area (Å²) in [6.07, 6.45) is 0. The van der Waals surface area contributed by atoms with Gasteiger partial charge in [0.05, 0.1) is 27.6 Å². The molecule has 0 N–H and O–H groups in total. The summed E-state index contributed by atoms with van der Waals surface area (Å²) < 4.78 is 7.53. The van der Waals surface area contributed by atoms with Gasteiger partial charge in [-0.15, -0.1) is 0 Å². The Morgan fingerprint density at radius 3 is 1.50 bits per heavy atom. The van der Waals surface area contributed by atoms with E-state index in [4.69, 9.17) is 0 Å². The van der Waals surface area contributed by atoms with Crippen LogP contribution in [-0.2, 0) is 0 Å². The molecule has 2 aliphatic heterocycles. The first-order valence-electron chi connectivity index (χ1n) is 16.1. The third-order valence-corrected chi connectivity index (χ3v) is 10.8. The molecule has 2 aliphatic rings. The van der Waals surface area contributed by atoms with Gasteiger partial charge in [0.2, 0.25) is 0 Å². The molecule has 12 rings (SSSR count). The molecule has 10 aromatic rings. The smallest absolute Gasteiger partial charge is 0.252 e. The van der Waals surface area contributed by atoms with Gasteiger partial charge in [0.15, 0.2) is 0 Å². The minimum atomic E-state index is 0.110. The van der Waals surface area contributed by atoms with E-state index in [1.54, 1.807) is 0 Å². The van der Waals surface area contributed by atoms with Crippen molar-refractivity contribution in [2.24, 2.45) is 0 Å². The molecule has 0 atom stereocenters. The molecule has 0 spiro atoms. The Balaban J connectivity index is 1.28. The van der Waals surface area contributed by atoms with Gasteiger partial charge in [-0.1, -0.05) is 97.1 Å². The molecule has 3 aromatic heterocycles. The molecule has 3 nitrogen and oxygen atoms in total. The van der Waals surface area contributed by atoms with Crippen molar-refractivity contribution in [2.45, 2.75) is 0 Å². The zero-order valence-corrected chi connectivity index (χ0v) is 24.8. The van der Waals surface area contributed by atoms with Crippen LogP contribution in [0.3, 0.4) is 0 Å². The fourth-order valence-corrected chi connectivity index (χ4v) is 9.13. The van der Waals surface area contributed by atoms with Crippen molar-refractivity contribution in [3.8, 4) is 17.1 Å². The van der Waals surface area contributed by atoms with Crippen LogP contribution in [0.1, 0.15) is 0 Å². The summed E-state index contributed by atoms with van der Waals surface area (Å²) in [5.41, 5.74) is 15.6. The molecule has 0 aliphatic carbocycles. The van der Waals surface area contributed by atoms with Crippen molar-refractivity contribution in [2.75, 3.05) is 0 Å². The van der Waals surface area contributed by atoms with Gasteiger partial charge in [0.1, 0.15) is 0 Å². The van der Waals surface area contributed by atoms with Gasteiger partial charge in [0, 0.05) is 54.9 Å². The first-order valence-corrected chi connectivity index (χ1v) is 16.1. The molecule has 0 amide bonds. The van der Waals surface area contributed by atoms with Crippen LogP contribution in [0, 0.1) is 0 Å². The third-order valence-electron chi connectivity index (χ3n) is 10.8. The molecule has 0 fully saturated rings. The maximum Gasteiger partial charge on any atom is 0.252 e. The zero-order valence-electron chi connectivity index (χ0n) is 24.8. The highest BCUT2D eigenvalue weighted by Crippen LogP contribution is 2.40. The van der Waals surface area contributed by atoms with Gasteiger partial charge in [-0.3, -0.25) is 0 Å². The van der Waals surface area contributed by atoms with Gasteiger partial charge < -0.3 is 13.7 Å². The van der Waals surface area contributed by atoms with E-state index in [1.807, 2.05) is 0 Å². The van der Waals surface area contributed by atoms with E-state index < -0.39 is 0 Å². The third kappa shape index (κ3) is 2.58. The van der Waals surface area contributed by atoms with Crippen LogP contribution in [-0.4, -0.2) is 20.4 Å². The van der Waals surface area contributed by atoms with Gasteiger partial charge in [-0.2, -0.15) is 0 Å². The summed E-state index contributed by atoms with van der Waals surface area (Å²) in [6, 6.07) is 54.3. The first-order chi connectivity index (χ1) is 22.9. The molecular formula is C42H24BN3. The lowest BCUT2D eigenvalue weighted by atomic mass is 9.34. The Kier molecular flexibility index (Phi) is 4.06. The summed E-state index contributed by atoms with van der Waals surface area (Å²) in [7, 11) is 0. The van der Waals surface area contributed by atoms with Crippen molar-refractivity contribution < 1.29 is 0 Å². The molecular weight excluding hydrogens is 557 g/mol. The van der Waals surface area contributed by atoms with Gasteiger partial charge >= 0.3 is 0 Å². The number of aromatic nitrogens is 3. The summed E-state index contributed by atoms with van der Waals surface area (Å²) >= 11 is 0. The summed E-state index contributed by atoms with van der Waals surface area (Å²) in [6.45, 7) is 0.110. The predicted octanol–water partition coefficient (Wildman–Crippen LogP) is 8.12. The molecule has 0 saturated heterocycles. The molecule has 5 heterocycles. The average Bonchev–Trinajstić information content (AvgIpc) is 3.76. The van der Waals surface area contributed by atoms with Crippen molar-refractivity contribution in [1.29, 1.82) is 0 Å². The van der Waals surface area contributed by atoms with Gasteiger partial charge in [-0.05, 0) is 64.9 Å². The quantitative estimate of drug-likeness (QED) is 0.174. The van der Waals surface area contributed by atoms with Crippen molar-refractivity contribution in [3.63, 3.8) is 0 Å². The largest absolute Gasteiger partial charge is 0.310 e. The van der Waals surface area contributed by atoms with E-state index in [-0.39, 0.29) is 6.71 Å². The molecule has 0 unspecified atom stereocenters. The highest BCUT2D eigenvalue weighted by Gasteiger charge is 2.40. The van der Waals surface area contributed by atoms with E-state index in [1.165, 1.54) is 98.9 Å². The lowest BCUT2D eigenvalue weighted by molar-refractivity contribution is 1.14. The monoisotopic (exact) mass is 581 g/mol. The fraction of sp³-hybridized carbons (Fsp3) is 0. The normalized spacial score (nSPS) is 13.2. The van der Waals surface area contributed by atoms with Crippen LogP contribution < -0.4 is 16.4 Å². The maximum atomic E-state index is 2.54. The molecule has 210 valence electrons. The number of rotatable bonds is 1. The molecule has 0 bridgehead atoms. The first kappa shape index (κ1) is 23.4. The van der Waals surface area contributed by atoms with E-state index in [2.05, 4.69) is 159 Å². The lowest BCUT2D eigenvalue weighted by Crippen LogP contribution is -2.59. The van der Waals surface area contributed by atoms with Gasteiger partial charge in [-0.25, -0.2) is 0 Å². The molecule has 7 aromatic carbocycles. The second-order valence-corrected chi connectivity index (χ2v) is 12.9. The van der Waals surface area contributed by atoms with E-state index >= 15 is 0 Å². The Labute approximate surface area is 264 Å². The topological polar surface area (TPSA) is 14.8 Å². The molecule has 4 heteroatoms. The Morgan fingerprint density at radius 1 is 0.348 bits per heavy atom. The fourth-order valence-electron chi connectivity index (χ4n) is 9.13. The van der Waals surface area contributed by atoms with E-state index in [9.17, 15) is 0 Å². The summed E-state index contributed by atoms with van der Waals surface area (Å²) in [4.78, 5) is 0. The number of hydrogen-bond donors (Lipinski definition) is 0. The molecule has 46 heavy (non-hydrogen) atoms. The summed E-state index contributed by atoms with van der Waals surface area (Å²) in [5, 5.41) is 7.83. The number of fused-ring (bicyclic) bond motifs is 14. The highest BCUT2D eigenvalue weighted by atomic mass is 15.0. The SMILES string of the molecule is c1ccc2c(c1)c1ccccc1n2-c1ccc2c(c1)B1c3cccc4c5ccccc5n(c34)-c3ccc4c5ccccc5n-2c4c31. The second-order valence-electron chi connectivity index (χ2n) is 12.9. The average molecular weight is 581 g/mol. The van der Waals surface area contributed by atoms with Crippen LogP contribution in [0.25, 0.3) is 82.5 Å². The minimum Gasteiger partial charge on any atom is -0.310 e.